The Bertz CT molecular complexity index is 495. The van der Waals surface area contributed by atoms with E-state index >= 15 is 0 Å². The predicted octanol–water partition coefficient (Wildman–Crippen LogP) is 1.39. The van der Waals surface area contributed by atoms with Gasteiger partial charge >= 0.3 is 10.2 Å². The van der Waals surface area contributed by atoms with E-state index in [1.807, 2.05) is 18.2 Å². The summed E-state index contributed by atoms with van der Waals surface area (Å²) in [6.45, 7) is 0. The summed E-state index contributed by atoms with van der Waals surface area (Å²) >= 11 is 0. The molecule has 2 rings (SSSR count). The summed E-state index contributed by atoms with van der Waals surface area (Å²) in [4.78, 5) is 0. The highest BCUT2D eigenvalue weighted by Gasteiger charge is 2.15. The molecule has 1 aliphatic carbocycles. The molecule has 0 aromatic heterocycles. The quantitative estimate of drug-likeness (QED) is 0.868. The van der Waals surface area contributed by atoms with Crippen LogP contribution in [0.4, 0.5) is 5.69 Å². The third-order valence-corrected chi connectivity index (χ3v) is 4.28. The van der Waals surface area contributed by atoms with Gasteiger partial charge in [-0.25, -0.2) is 0 Å². The molecule has 16 heavy (non-hydrogen) atoms. The van der Waals surface area contributed by atoms with Crippen molar-refractivity contribution in [3.63, 3.8) is 0 Å². The van der Waals surface area contributed by atoms with Gasteiger partial charge in [-0.15, -0.1) is 0 Å². The van der Waals surface area contributed by atoms with Crippen molar-refractivity contribution in [2.75, 3.05) is 18.8 Å². The van der Waals surface area contributed by atoms with Crippen LogP contribution < -0.4 is 4.72 Å². The van der Waals surface area contributed by atoms with Gasteiger partial charge in [0.05, 0.1) is 5.69 Å². The van der Waals surface area contributed by atoms with Crippen LogP contribution >= 0.6 is 0 Å². The average molecular weight is 240 g/mol. The highest BCUT2D eigenvalue weighted by molar-refractivity contribution is 7.90. The molecule has 0 bridgehead atoms. The minimum absolute atomic E-state index is 0.648. The van der Waals surface area contributed by atoms with E-state index in [1.165, 1.54) is 35.9 Å². The lowest BCUT2D eigenvalue weighted by Crippen LogP contribution is -2.28. The molecule has 0 unspecified atom stereocenters. The molecular formula is C11H16N2O2S. The standard InChI is InChI=1S/C11H16N2O2S/c1-13(2)16(14,15)12-11-7-6-9-4-3-5-10(9)8-11/h6-8,12H,3-5H2,1-2H3. The maximum absolute atomic E-state index is 11.6. The second kappa shape index (κ2) is 4.07. The van der Waals surface area contributed by atoms with Crippen molar-refractivity contribution in [1.82, 2.24) is 4.31 Å². The summed E-state index contributed by atoms with van der Waals surface area (Å²) in [5.41, 5.74) is 3.25. The van der Waals surface area contributed by atoms with E-state index in [9.17, 15) is 8.42 Å². The fraction of sp³-hybridized carbons (Fsp3) is 0.455. The van der Waals surface area contributed by atoms with E-state index in [1.54, 1.807) is 0 Å². The van der Waals surface area contributed by atoms with E-state index in [0.717, 1.165) is 12.8 Å². The Morgan fingerprint density at radius 3 is 2.56 bits per heavy atom. The van der Waals surface area contributed by atoms with Crippen molar-refractivity contribution in [2.24, 2.45) is 0 Å². The van der Waals surface area contributed by atoms with E-state index < -0.39 is 10.2 Å². The lowest BCUT2D eigenvalue weighted by molar-refractivity contribution is 0.527. The number of aryl methyl sites for hydroxylation is 2. The lowest BCUT2D eigenvalue weighted by Gasteiger charge is -2.14. The van der Waals surface area contributed by atoms with Crippen LogP contribution in [0, 0.1) is 0 Å². The minimum Gasteiger partial charge on any atom is -0.271 e. The van der Waals surface area contributed by atoms with Crippen LogP contribution in [0.25, 0.3) is 0 Å². The van der Waals surface area contributed by atoms with Crippen LogP contribution in [0.15, 0.2) is 18.2 Å². The second-order valence-corrected chi connectivity index (χ2v) is 6.11. The smallest absolute Gasteiger partial charge is 0.271 e. The number of hydrogen-bond donors (Lipinski definition) is 1. The van der Waals surface area contributed by atoms with Gasteiger partial charge in [-0.3, -0.25) is 4.72 Å². The van der Waals surface area contributed by atoms with Gasteiger partial charge in [0.2, 0.25) is 0 Å². The van der Waals surface area contributed by atoms with Crippen molar-refractivity contribution in [3.05, 3.63) is 29.3 Å². The largest absolute Gasteiger partial charge is 0.301 e. The lowest BCUT2D eigenvalue weighted by atomic mass is 10.1. The summed E-state index contributed by atoms with van der Waals surface area (Å²) in [5.74, 6) is 0. The number of rotatable bonds is 3. The zero-order chi connectivity index (χ0) is 11.8. The Morgan fingerprint density at radius 1 is 1.19 bits per heavy atom. The number of fused-ring (bicyclic) bond motifs is 1. The van der Waals surface area contributed by atoms with Crippen molar-refractivity contribution in [1.29, 1.82) is 0 Å². The van der Waals surface area contributed by atoms with Crippen molar-refractivity contribution >= 4 is 15.9 Å². The summed E-state index contributed by atoms with van der Waals surface area (Å²) in [6, 6.07) is 5.77. The Labute approximate surface area is 96.5 Å². The van der Waals surface area contributed by atoms with Crippen LogP contribution in [-0.4, -0.2) is 26.8 Å². The zero-order valence-electron chi connectivity index (χ0n) is 9.53. The molecule has 1 aliphatic rings. The molecule has 88 valence electrons. The Morgan fingerprint density at radius 2 is 1.88 bits per heavy atom. The van der Waals surface area contributed by atoms with E-state index in [4.69, 9.17) is 0 Å². The van der Waals surface area contributed by atoms with E-state index in [2.05, 4.69) is 4.72 Å². The molecule has 0 saturated carbocycles. The Kier molecular flexibility index (Phi) is 2.90. The molecule has 0 atom stereocenters. The summed E-state index contributed by atoms with van der Waals surface area (Å²) < 4.78 is 26.9. The van der Waals surface area contributed by atoms with Crippen LogP contribution in [0.2, 0.25) is 0 Å². The van der Waals surface area contributed by atoms with Crippen molar-refractivity contribution in [2.45, 2.75) is 19.3 Å². The van der Waals surface area contributed by atoms with Gasteiger partial charge in [0.1, 0.15) is 0 Å². The molecule has 1 aromatic rings. The topological polar surface area (TPSA) is 49.4 Å². The van der Waals surface area contributed by atoms with E-state index in [-0.39, 0.29) is 0 Å². The van der Waals surface area contributed by atoms with Crippen LogP contribution in [0.5, 0.6) is 0 Å². The maximum Gasteiger partial charge on any atom is 0.301 e. The third-order valence-electron chi connectivity index (χ3n) is 2.83. The molecule has 4 nitrogen and oxygen atoms in total. The van der Waals surface area contributed by atoms with Gasteiger partial charge in [0, 0.05) is 14.1 Å². The summed E-state index contributed by atoms with van der Waals surface area (Å²) in [5, 5.41) is 0. The third kappa shape index (κ3) is 2.20. The number of nitrogens with zero attached hydrogens (tertiary/aromatic N) is 1. The maximum atomic E-state index is 11.6. The number of nitrogens with one attached hydrogen (secondary N) is 1. The van der Waals surface area contributed by atoms with Gasteiger partial charge < -0.3 is 0 Å². The molecule has 0 saturated heterocycles. The predicted molar refractivity (Wildman–Crippen MR) is 64.7 cm³/mol. The zero-order valence-corrected chi connectivity index (χ0v) is 10.3. The molecule has 0 heterocycles. The molecular weight excluding hydrogens is 224 g/mol. The van der Waals surface area contributed by atoms with Crippen LogP contribution in [0.1, 0.15) is 17.5 Å². The first kappa shape index (κ1) is 11.4. The summed E-state index contributed by atoms with van der Waals surface area (Å²) in [6.07, 6.45) is 3.32. The van der Waals surface area contributed by atoms with Crippen LogP contribution in [-0.2, 0) is 23.1 Å². The van der Waals surface area contributed by atoms with Crippen molar-refractivity contribution in [3.8, 4) is 0 Å². The number of anilines is 1. The van der Waals surface area contributed by atoms with Gasteiger partial charge in [-0.1, -0.05) is 6.07 Å². The first-order valence-corrected chi connectivity index (χ1v) is 6.75. The monoisotopic (exact) mass is 240 g/mol. The highest BCUT2D eigenvalue weighted by Crippen LogP contribution is 2.25. The molecule has 0 radical (unpaired) electrons. The van der Waals surface area contributed by atoms with Gasteiger partial charge in [0.25, 0.3) is 0 Å². The minimum atomic E-state index is -3.39. The Balaban J connectivity index is 2.24. The molecule has 0 aliphatic heterocycles. The van der Waals surface area contributed by atoms with E-state index in [0.29, 0.717) is 5.69 Å². The average Bonchev–Trinajstić information content (AvgIpc) is 2.63. The molecule has 0 amide bonds. The fourth-order valence-corrected chi connectivity index (χ4v) is 2.48. The van der Waals surface area contributed by atoms with Crippen LogP contribution in [0.3, 0.4) is 0 Å². The fourth-order valence-electron chi connectivity index (χ4n) is 1.88. The summed E-state index contributed by atoms with van der Waals surface area (Å²) in [7, 11) is -0.366. The molecule has 5 heteroatoms. The number of benzene rings is 1. The highest BCUT2D eigenvalue weighted by atomic mass is 32.2. The second-order valence-electron chi connectivity index (χ2n) is 4.23. The van der Waals surface area contributed by atoms with Gasteiger partial charge in [-0.2, -0.15) is 12.7 Å². The molecule has 0 fully saturated rings. The molecule has 1 N–H and O–H groups in total. The van der Waals surface area contributed by atoms with Gasteiger partial charge in [-0.05, 0) is 42.5 Å². The number of hydrogen-bond acceptors (Lipinski definition) is 2. The Hall–Kier alpha value is -1.07. The molecule has 1 aromatic carbocycles. The first-order chi connectivity index (χ1) is 7.49. The SMILES string of the molecule is CN(C)S(=O)(=O)Nc1ccc2c(c1)CCC2. The van der Waals surface area contributed by atoms with Crippen molar-refractivity contribution < 1.29 is 8.42 Å². The molecule has 0 spiro atoms. The first-order valence-electron chi connectivity index (χ1n) is 5.31. The van der Waals surface area contributed by atoms with Gasteiger partial charge in [0.15, 0.2) is 0 Å². The normalized spacial score (nSPS) is 15.2.